The number of rotatable bonds is 6. The number of ether oxygens (including phenoxy) is 1. The highest BCUT2D eigenvalue weighted by Crippen LogP contribution is 2.35. The minimum absolute atomic E-state index is 0.00188. The molecule has 2 heterocycles. The van der Waals surface area contributed by atoms with Crippen molar-refractivity contribution in [2.75, 3.05) is 32.1 Å². The third kappa shape index (κ3) is 4.72. The normalized spacial score (nSPS) is 19.8. The van der Waals surface area contributed by atoms with Crippen LogP contribution in [0.4, 0.5) is 5.69 Å². The molecule has 9 heteroatoms. The second-order valence-corrected chi connectivity index (χ2v) is 8.11. The van der Waals surface area contributed by atoms with Crippen LogP contribution in [0, 0.1) is 12.8 Å². The van der Waals surface area contributed by atoms with E-state index in [4.69, 9.17) is 4.74 Å². The van der Waals surface area contributed by atoms with Crippen molar-refractivity contribution < 1.29 is 19.4 Å². The van der Waals surface area contributed by atoms with Gasteiger partial charge in [0.2, 0.25) is 0 Å². The van der Waals surface area contributed by atoms with Gasteiger partial charge in [-0.15, -0.1) is 0 Å². The predicted octanol–water partition coefficient (Wildman–Crippen LogP) is 1.42. The highest BCUT2D eigenvalue weighted by Gasteiger charge is 2.34. The molecule has 3 N–H and O–H groups in total. The van der Waals surface area contributed by atoms with Crippen molar-refractivity contribution >= 4 is 17.5 Å². The third-order valence-corrected chi connectivity index (χ3v) is 5.58. The maximum Gasteiger partial charge on any atom is 0.274 e. The number of likely N-dealkylation sites (N-methyl/N-ethyl adjacent to an activating group) is 1. The Balaban J connectivity index is 2.04. The molecule has 0 saturated heterocycles. The van der Waals surface area contributed by atoms with E-state index in [9.17, 15) is 14.7 Å². The number of anilines is 1. The molecule has 168 valence electrons. The van der Waals surface area contributed by atoms with Gasteiger partial charge in [0.1, 0.15) is 11.8 Å². The van der Waals surface area contributed by atoms with Gasteiger partial charge in [0.05, 0.1) is 29.6 Å². The van der Waals surface area contributed by atoms with Gasteiger partial charge in [0, 0.05) is 26.1 Å². The Morgan fingerprint density at radius 1 is 1.42 bits per heavy atom. The summed E-state index contributed by atoms with van der Waals surface area (Å²) >= 11 is 0. The van der Waals surface area contributed by atoms with Gasteiger partial charge in [0.25, 0.3) is 11.8 Å². The summed E-state index contributed by atoms with van der Waals surface area (Å²) in [6, 6.07) is 6.47. The summed E-state index contributed by atoms with van der Waals surface area (Å²) in [4.78, 5) is 27.9. The number of fused-ring (bicyclic) bond motifs is 1. The first-order valence-corrected chi connectivity index (χ1v) is 10.4. The number of hydrogen-bond acceptors (Lipinski definition) is 6. The molecule has 0 spiro atoms. The molecule has 3 atom stereocenters. The molecule has 2 aromatic rings. The zero-order valence-electron chi connectivity index (χ0n) is 18.7. The molecule has 0 unspecified atom stereocenters. The van der Waals surface area contributed by atoms with Gasteiger partial charge in [-0.1, -0.05) is 13.0 Å². The number of nitrogens with one attached hydrogen (secondary N) is 2. The van der Waals surface area contributed by atoms with Gasteiger partial charge >= 0.3 is 0 Å². The fraction of sp³-hybridized carbons (Fsp3) is 0.500. The Labute approximate surface area is 182 Å². The molecule has 1 aromatic heterocycles. The van der Waals surface area contributed by atoms with Crippen LogP contribution in [-0.4, -0.2) is 70.5 Å². The molecule has 3 rings (SSSR count). The number of carbonyl (C=O) groups excluding carboxylic acids is 2. The van der Waals surface area contributed by atoms with Gasteiger partial charge in [-0.2, -0.15) is 5.10 Å². The first-order valence-electron chi connectivity index (χ1n) is 10.4. The van der Waals surface area contributed by atoms with Crippen molar-refractivity contribution in [1.29, 1.82) is 0 Å². The van der Waals surface area contributed by atoms with Gasteiger partial charge in [-0.05, 0) is 39.1 Å². The van der Waals surface area contributed by atoms with E-state index in [2.05, 4.69) is 15.7 Å². The van der Waals surface area contributed by atoms with E-state index in [-0.39, 0.29) is 36.5 Å². The van der Waals surface area contributed by atoms with E-state index < -0.39 is 0 Å². The number of carbonyl (C=O) groups is 2. The summed E-state index contributed by atoms with van der Waals surface area (Å²) in [5.41, 5.74) is 1.91. The summed E-state index contributed by atoms with van der Waals surface area (Å²) in [6.07, 6.45) is -0.234. The highest BCUT2D eigenvalue weighted by molar-refractivity contribution is 6.06. The van der Waals surface area contributed by atoms with Crippen LogP contribution in [-0.2, 0) is 7.05 Å². The van der Waals surface area contributed by atoms with Crippen LogP contribution in [0.1, 0.15) is 40.4 Å². The molecular formula is C22H31N5O4. The molecule has 9 nitrogen and oxygen atoms in total. The lowest BCUT2D eigenvalue weighted by Gasteiger charge is -2.37. The summed E-state index contributed by atoms with van der Waals surface area (Å²) in [7, 11) is 3.55. The zero-order chi connectivity index (χ0) is 22.7. The Hall–Kier alpha value is -2.91. The maximum absolute atomic E-state index is 13.4. The van der Waals surface area contributed by atoms with Crippen LogP contribution in [0.5, 0.6) is 5.75 Å². The van der Waals surface area contributed by atoms with Crippen molar-refractivity contribution in [1.82, 2.24) is 20.0 Å². The van der Waals surface area contributed by atoms with Crippen LogP contribution >= 0.6 is 0 Å². The van der Waals surface area contributed by atoms with Crippen LogP contribution in [0.15, 0.2) is 24.3 Å². The summed E-state index contributed by atoms with van der Waals surface area (Å²) in [6.45, 7) is 6.53. The van der Waals surface area contributed by atoms with Gasteiger partial charge in [-0.3, -0.25) is 14.3 Å². The van der Waals surface area contributed by atoms with E-state index in [0.717, 1.165) is 5.69 Å². The van der Waals surface area contributed by atoms with Crippen molar-refractivity contribution in [3.8, 4) is 5.75 Å². The van der Waals surface area contributed by atoms with E-state index >= 15 is 0 Å². The minimum atomic E-state index is -0.341. The van der Waals surface area contributed by atoms with E-state index in [1.54, 1.807) is 36.2 Å². The lowest BCUT2D eigenvalue weighted by molar-refractivity contribution is 0.0417. The second kappa shape index (κ2) is 9.49. The van der Waals surface area contributed by atoms with Crippen LogP contribution in [0.3, 0.4) is 0 Å². The minimum Gasteiger partial charge on any atom is -0.486 e. The first-order chi connectivity index (χ1) is 14.8. The fourth-order valence-electron chi connectivity index (χ4n) is 3.80. The zero-order valence-corrected chi connectivity index (χ0v) is 18.7. The molecule has 0 bridgehead atoms. The standard InChI is InChI=1S/C22H31N5O4/c1-13-11-27(15(3)12-28)22(30)16-7-6-8-17(20(16)31-19(13)10-23-4)24-21(29)18-9-14(2)25-26(18)5/h6-9,13,15,19,23,28H,10-12H2,1-5H3,(H,24,29)/t13-,15+,19-/m0/s1. The van der Waals surface area contributed by atoms with E-state index in [1.165, 1.54) is 4.68 Å². The molecule has 1 aliphatic rings. The van der Waals surface area contributed by atoms with Crippen molar-refractivity contribution in [2.24, 2.45) is 13.0 Å². The Bertz CT molecular complexity index is 957. The molecule has 2 amide bonds. The Kier molecular flexibility index (Phi) is 6.97. The number of aliphatic hydroxyl groups excluding tert-OH is 1. The molecule has 1 aromatic carbocycles. The van der Waals surface area contributed by atoms with E-state index in [1.807, 2.05) is 27.8 Å². The molecule has 31 heavy (non-hydrogen) atoms. The monoisotopic (exact) mass is 429 g/mol. The number of para-hydroxylation sites is 1. The number of nitrogens with zero attached hydrogens (tertiary/aromatic N) is 3. The predicted molar refractivity (Wildman–Crippen MR) is 117 cm³/mol. The molecular weight excluding hydrogens is 398 g/mol. The Morgan fingerprint density at radius 2 is 2.16 bits per heavy atom. The van der Waals surface area contributed by atoms with Gasteiger partial charge < -0.3 is 25.4 Å². The highest BCUT2D eigenvalue weighted by atomic mass is 16.5. The topological polar surface area (TPSA) is 109 Å². The van der Waals surface area contributed by atoms with Crippen molar-refractivity contribution in [3.63, 3.8) is 0 Å². The third-order valence-electron chi connectivity index (χ3n) is 5.58. The summed E-state index contributed by atoms with van der Waals surface area (Å²) in [5, 5.41) is 19.9. The number of amides is 2. The molecule has 0 radical (unpaired) electrons. The second-order valence-electron chi connectivity index (χ2n) is 8.11. The number of hydrogen-bond donors (Lipinski definition) is 3. The molecule has 0 saturated carbocycles. The largest absolute Gasteiger partial charge is 0.486 e. The van der Waals surface area contributed by atoms with Crippen LogP contribution in [0.2, 0.25) is 0 Å². The van der Waals surface area contributed by atoms with Crippen LogP contribution < -0.4 is 15.4 Å². The number of benzene rings is 1. The average Bonchev–Trinajstić information content (AvgIpc) is 3.08. The number of aryl methyl sites for hydroxylation is 2. The smallest absolute Gasteiger partial charge is 0.274 e. The summed E-state index contributed by atoms with van der Waals surface area (Å²) < 4.78 is 7.83. The Morgan fingerprint density at radius 3 is 2.77 bits per heavy atom. The van der Waals surface area contributed by atoms with Crippen molar-refractivity contribution in [2.45, 2.75) is 32.9 Å². The van der Waals surface area contributed by atoms with E-state index in [0.29, 0.717) is 35.8 Å². The number of aromatic nitrogens is 2. The van der Waals surface area contributed by atoms with Crippen LogP contribution in [0.25, 0.3) is 0 Å². The molecule has 0 aliphatic carbocycles. The first kappa shape index (κ1) is 22.8. The lowest BCUT2D eigenvalue weighted by Crippen LogP contribution is -2.49. The van der Waals surface area contributed by atoms with Gasteiger partial charge in [-0.25, -0.2) is 0 Å². The maximum atomic E-state index is 13.4. The molecule has 0 fully saturated rings. The number of aliphatic hydroxyl groups is 1. The SMILES string of the molecule is CNC[C@@H]1Oc2c(NC(=O)c3cc(C)nn3C)cccc2C(=O)N([C@H](C)CO)C[C@@H]1C. The quantitative estimate of drug-likeness (QED) is 0.641. The van der Waals surface area contributed by atoms with Gasteiger partial charge in [0.15, 0.2) is 5.75 Å². The molecule has 1 aliphatic heterocycles. The average molecular weight is 430 g/mol. The fourth-order valence-corrected chi connectivity index (χ4v) is 3.80. The lowest BCUT2D eigenvalue weighted by atomic mass is 9.99. The summed E-state index contributed by atoms with van der Waals surface area (Å²) in [5.74, 6) is -0.240. The van der Waals surface area contributed by atoms with Crippen molar-refractivity contribution in [3.05, 3.63) is 41.2 Å².